The van der Waals surface area contributed by atoms with Crippen LogP contribution in [-0.2, 0) is 0 Å². The molecule has 1 aromatic rings. The Kier molecular flexibility index (Phi) is 6.86. The molecule has 0 aliphatic heterocycles. The van der Waals surface area contributed by atoms with E-state index in [0.717, 1.165) is 34.5 Å². The lowest BCUT2D eigenvalue weighted by Crippen LogP contribution is -2.28. The van der Waals surface area contributed by atoms with Crippen LogP contribution < -0.4 is 5.32 Å². The highest BCUT2D eigenvalue weighted by molar-refractivity contribution is 7.20. The Morgan fingerprint density at radius 1 is 1.24 bits per heavy atom. The van der Waals surface area contributed by atoms with E-state index in [9.17, 15) is 0 Å². The molecule has 0 bridgehead atoms. The summed E-state index contributed by atoms with van der Waals surface area (Å²) in [7, 11) is 0. The van der Waals surface area contributed by atoms with Crippen molar-refractivity contribution in [1.29, 1.82) is 0 Å². The van der Waals surface area contributed by atoms with Crippen LogP contribution in [0.15, 0.2) is 6.07 Å². The summed E-state index contributed by atoms with van der Waals surface area (Å²) in [5.41, 5.74) is 1.17. The van der Waals surface area contributed by atoms with Gasteiger partial charge < -0.3 is 5.32 Å². The number of hydrogen-bond donors (Lipinski definition) is 1. The molecule has 4 heteroatoms. The molecule has 0 aliphatic rings. The van der Waals surface area contributed by atoms with Crippen molar-refractivity contribution < 1.29 is 0 Å². The minimum Gasteiger partial charge on any atom is -0.310 e. The van der Waals surface area contributed by atoms with Gasteiger partial charge in [-0.25, -0.2) is 0 Å². The van der Waals surface area contributed by atoms with Crippen molar-refractivity contribution in [3.63, 3.8) is 0 Å². The lowest BCUT2D eigenvalue weighted by molar-refractivity contribution is 0.342. The van der Waals surface area contributed by atoms with Crippen LogP contribution >= 0.6 is 34.5 Å². The summed E-state index contributed by atoms with van der Waals surface area (Å²) in [5.74, 6) is 0.615. The maximum absolute atomic E-state index is 6.27. The highest BCUT2D eigenvalue weighted by Crippen LogP contribution is 2.39. The smallest absolute Gasteiger partial charge is 0.0992 e. The number of hydrogen-bond acceptors (Lipinski definition) is 2. The van der Waals surface area contributed by atoms with Gasteiger partial charge in [-0.3, -0.25) is 0 Å². The molecule has 0 saturated carbocycles. The van der Waals surface area contributed by atoms with Crippen LogP contribution in [0.4, 0.5) is 0 Å². The zero-order valence-corrected chi connectivity index (χ0v) is 13.1. The zero-order chi connectivity index (χ0) is 12.8. The van der Waals surface area contributed by atoms with E-state index in [0.29, 0.717) is 12.0 Å². The van der Waals surface area contributed by atoms with Gasteiger partial charge in [-0.2, -0.15) is 0 Å². The molecule has 0 spiro atoms. The van der Waals surface area contributed by atoms with Crippen molar-refractivity contribution in [3.05, 3.63) is 20.3 Å². The molecular formula is C13H21Cl2NS. The van der Waals surface area contributed by atoms with Crippen LogP contribution in [0.5, 0.6) is 0 Å². The second kappa shape index (κ2) is 7.63. The second-order valence-electron chi connectivity index (χ2n) is 4.29. The molecule has 98 valence electrons. The fourth-order valence-electron chi connectivity index (χ4n) is 2.16. The zero-order valence-electron chi connectivity index (χ0n) is 10.7. The predicted octanol–water partition coefficient (Wildman–Crippen LogP) is 5.53. The normalized spacial score (nSPS) is 13.3. The van der Waals surface area contributed by atoms with Crippen molar-refractivity contribution in [1.82, 2.24) is 5.32 Å². The summed E-state index contributed by atoms with van der Waals surface area (Å²) in [5, 5.41) is 3.61. The van der Waals surface area contributed by atoms with E-state index >= 15 is 0 Å². The van der Waals surface area contributed by atoms with Gasteiger partial charge in [0.15, 0.2) is 0 Å². The molecule has 1 nitrogen and oxygen atoms in total. The number of nitrogens with one attached hydrogen (secondary N) is 1. The lowest BCUT2D eigenvalue weighted by atomic mass is 9.90. The van der Waals surface area contributed by atoms with Gasteiger partial charge >= 0.3 is 0 Å². The number of rotatable bonds is 7. The summed E-state index contributed by atoms with van der Waals surface area (Å²) >= 11 is 13.8. The maximum atomic E-state index is 6.27. The van der Waals surface area contributed by atoms with Crippen molar-refractivity contribution >= 4 is 34.5 Å². The van der Waals surface area contributed by atoms with Crippen molar-refractivity contribution in [2.45, 2.75) is 46.1 Å². The van der Waals surface area contributed by atoms with Gasteiger partial charge in [-0.15, -0.1) is 11.3 Å². The van der Waals surface area contributed by atoms with Crippen molar-refractivity contribution in [2.75, 3.05) is 6.54 Å². The third-order valence-electron chi connectivity index (χ3n) is 3.15. The number of thiophene rings is 1. The van der Waals surface area contributed by atoms with E-state index in [-0.39, 0.29) is 0 Å². The summed E-state index contributed by atoms with van der Waals surface area (Å²) in [6.45, 7) is 7.66. The first-order valence-electron chi connectivity index (χ1n) is 6.32. The molecule has 0 fully saturated rings. The molecular weight excluding hydrogens is 273 g/mol. The van der Waals surface area contributed by atoms with E-state index in [2.05, 4.69) is 26.1 Å². The Hall–Kier alpha value is 0.240. The van der Waals surface area contributed by atoms with Gasteiger partial charge in [0.05, 0.1) is 8.67 Å². The Labute approximate surface area is 119 Å². The van der Waals surface area contributed by atoms with E-state index in [1.54, 1.807) is 0 Å². The van der Waals surface area contributed by atoms with Gasteiger partial charge in [0.25, 0.3) is 0 Å². The largest absolute Gasteiger partial charge is 0.310 e. The standard InChI is InChI=1S/C13H21Cl2NS/c1-4-7-16-12(9(5-2)6-3)10-8-11(14)17-13(10)15/h8-9,12,16H,4-7H2,1-3H3. The summed E-state index contributed by atoms with van der Waals surface area (Å²) < 4.78 is 1.61. The highest BCUT2D eigenvalue weighted by Gasteiger charge is 2.23. The molecule has 1 rings (SSSR count). The van der Waals surface area contributed by atoms with E-state index in [1.165, 1.54) is 16.9 Å². The van der Waals surface area contributed by atoms with E-state index in [4.69, 9.17) is 23.2 Å². The topological polar surface area (TPSA) is 12.0 Å². The van der Waals surface area contributed by atoms with Crippen molar-refractivity contribution in [2.24, 2.45) is 5.92 Å². The van der Waals surface area contributed by atoms with Crippen LogP contribution in [0.3, 0.4) is 0 Å². The van der Waals surface area contributed by atoms with Crippen LogP contribution in [-0.4, -0.2) is 6.54 Å². The molecule has 0 amide bonds. The summed E-state index contributed by atoms with van der Waals surface area (Å²) in [6.07, 6.45) is 3.44. The first kappa shape index (κ1) is 15.3. The fraction of sp³-hybridized carbons (Fsp3) is 0.692. The Bertz CT molecular complexity index is 334. The molecule has 0 saturated heterocycles. The SMILES string of the molecule is CCCNC(c1cc(Cl)sc1Cl)C(CC)CC. The van der Waals surface area contributed by atoms with Crippen molar-refractivity contribution in [3.8, 4) is 0 Å². The minimum atomic E-state index is 0.334. The first-order chi connectivity index (χ1) is 8.13. The quantitative estimate of drug-likeness (QED) is 0.697. The third-order valence-corrected chi connectivity index (χ3v) is 4.67. The first-order valence-corrected chi connectivity index (χ1v) is 7.89. The van der Waals surface area contributed by atoms with E-state index in [1.807, 2.05) is 6.07 Å². The van der Waals surface area contributed by atoms with Crippen LogP contribution in [0, 0.1) is 5.92 Å². The third kappa shape index (κ3) is 4.13. The average molecular weight is 294 g/mol. The molecule has 1 atom stereocenters. The maximum Gasteiger partial charge on any atom is 0.0992 e. The molecule has 1 N–H and O–H groups in total. The van der Waals surface area contributed by atoms with Gasteiger partial charge in [-0.1, -0.05) is 56.8 Å². The fourth-order valence-corrected chi connectivity index (χ4v) is 3.71. The molecule has 17 heavy (non-hydrogen) atoms. The van der Waals surface area contributed by atoms with E-state index < -0.39 is 0 Å². The van der Waals surface area contributed by atoms with Crippen LogP contribution in [0.25, 0.3) is 0 Å². The average Bonchev–Trinajstić information content (AvgIpc) is 2.64. The Balaban J connectivity index is 2.92. The van der Waals surface area contributed by atoms with Crippen LogP contribution in [0.1, 0.15) is 51.6 Å². The summed E-state index contributed by atoms with van der Waals surface area (Å²) in [6, 6.07) is 2.35. The summed E-state index contributed by atoms with van der Waals surface area (Å²) in [4.78, 5) is 0. The molecule has 0 aromatic carbocycles. The Morgan fingerprint density at radius 2 is 1.88 bits per heavy atom. The van der Waals surface area contributed by atoms with Gasteiger partial charge in [0, 0.05) is 11.6 Å². The predicted molar refractivity (Wildman–Crippen MR) is 79.4 cm³/mol. The van der Waals surface area contributed by atoms with Gasteiger partial charge in [0.1, 0.15) is 0 Å². The minimum absolute atomic E-state index is 0.334. The molecule has 1 aromatic heterocycles. The highest BCUT2D eigenvalue weighted by atomic mass is 35.5. The Morgan fingerprint density at radius 3 is 2.29 bits per heavy atom. The second-order valence-corrected chi connectivity index (χ2v) is 6.57. The monoisotopic (exact) mass is 293 g/mol. The van der Waals surface area contributed by atoms with Gasteiger partial charge in [0.2, 0.25) is 0 Å². The van der Waals surface area contributed by atoms with Crippen LogP contribution in [0.2, 0.25) is 8.67 Å². The van der Waals surface area contributed by atoms with Gasteiger partial charge in [-0.05, 0) is 24.9 Å². The molecule has 1 heterocycles. The molecule has 0 aliphatic carbocycles. The lowest BCUT2D eigenvalue weighted by Gasteiger charge is -2.26. The number of halogens is 2. The molecule has 1 unspecified atom stereocenters. The molecule has 0 radical (unpaired) electrons.